The first-order valence-electron chi connectivity index (χ1n) is 11.7. The highest BCUT2D eigenvalue weighted by atomic mass is 35.5. The Hall–Kier alpha value is -3.16. The molecule has 5 rings (SSSR count). The Kier molecular flexibility index (Phi) is 6.15. The number of piperidine rings is 1. The summed E-state index contributed by atoms with van der Waals surface area (Å²) in [6.45, 7) is 6.86. The van der Waals surface area contributed by atoms with E-state index in [4.69, 9.17) is 11.6 Å². The minimum atomic E-state index is -0.417. The zero-order valence-corrected chi connectivity index (χ0v) is 20.1. The van der Waals surface area contributed by atoms with Gasteiger partial charge in [0, 0.05) is 53.0 Å². The van der Waals surface area contributed by atoms with Gasteiger partial charge < -0.3 is 10.3 Å². The first-order valence-corrected chi connectivity index (χ1v) is 12.1. The van der Waals surface area contributed by atoms with Crippen LogP contribution in [0.2, 0.25) is 5.02 Å². The third-order valence-electron chi connectivity index (χ3n) is 6.74. The summed E-state index contributed by atoms with van der Waals surface area (Å²) in [4.78, 5) is 35.3. The van der Waals surface area contributed by atoms with Gasteiger partial charge in [-0.2, -0.15) is 0 Å². The molecule has 1 saturated heterocycles. The van der Waals surface area contributed by atoms with Crippen LogP contribution >= 0.6 is 11.6 Å². The van der Waals surface area contributed by atoms with Crippen molar-refractivity contribution in [3.8, 4) is 0 Å². The summed E-state index contributed by atoms with van der Waals surface area (Å²) in [6, 6.07) is 13.1. The number of pyridine rings is 1. The molecular formula is C26H28ClN5O2. The number of carbonyl (C=O) groups is 1. The number of nitrogens with zero attached hydrogens (tertiary/aromatic N) is 3. The van der Waals surface area contributed by atoms with Gasteiger partial charge in [0.05, 0.1) is 0 Å². The maximum atomic E-state index is 12.7. The number of hydrogen-bond donors (Lipinski definition) is 2. The van der Waals surface area contributed by atoms with Gasteiger partial charge in [-0.3, -0.25) is 18.9 Å². The smallest absolute Gasteiger partial charge is 0.270 e. The Morgan fingerprint density at radius 1 is 1.24 bits per heavy atom. The molecule has 1 fully saturated rings. The first-order chi connectivity index (χ1) is 16.4. The highest BCUT2D eigenvalue weighted by molar-refractivity contribution is 6.32. The average molecular weight is 478 g/mol. The number of rotatable bonds is 5. The van der Waals surface area contributed by atoms with E-state index < -0.39 is 5.91 Å². The zero-order valence-electron chi connectivity index (χ0n) is 19.3. The highest BCUT2D eigenvalue weighted by Gasteiger charge is 2.23. The van der Waals surface area contributed by atoms with Crippen LogP contribution in [0.25, 0.3) is 16.6 Å². The fourth-order valence-corrected chi connectivity index (χ4v) is 5.06. The summed E-state index contributed by atoms with van der Waals surface area (Å²) in [6.07, 6.45) is 4.09. The predicted octanol–water partition coefficient (Wildman–Crippen LogP) is 4.38. The molecular weight excluding hydrogens is 450 g/mol. The lowest BCUT2D eigenvalue weighted by atomic mass is 9.93. The molecule has 0 spiro atoms. The highest BCUT2D eigenvalue weighted by Crippen LogP contribution is 2.27. The topological polar surface area (TPSA) is 82.5 Å². The van der Waals surface area contributed by atoms with Crippen molar-refractivity contribution in [1.82, 2.24) is 24.6 Å². The molecule has 1 amide bonds. The first kappa shape index (κ1) is 22.6. The summed E-state index contributed by atoms with van der Waals surface area (Å²) in [5, 5.41) is 4.48. The maximum Gasteiger partial charge on any atom is 0.270 e. The molecule has 34 heavy (non-hydrogen) atoms. The van der Waals surface area contributed by atoms with Crippen LogP contribution in [-0.4, -0.2) is 37.8 Å². The van der Waals surface area contributed by atoms with Crippen LogP contribution in [0, 0.1) is 5.92 Å². The fourth-order valence-electron chi connectivity index (χ4n) is 4.82. The number of fused-ring (bicyclic) bond motifs is 2. The predicted molar refractivity (Wildman–Crippen MR) is 134 cm³/mol. The Morgan fingerprint density at radius 3 is 2.91 bits per heavy atom. The van der Waals surface area contributed by atoms with E-state index in [1.54, 1.807) is 24.4 Å². The molecule has 0 aliphatic carbocycles. The molecule has 2 atom stereocenters. The van der Waals surface area contributed by atoms with Crippen LogP contribution in [0.4, 0.5) is 0 Å². The van der Waals surface area contributed by atoms with Crippen LogP contribution in [0.5, 0.6) is 0 Å². The summed E-state index contributed by atoms with van der Waals surface area (Å²) >= 11 is 6.53. The van der Waals surface area contributed by atoms with Crippen molar-refractivity contribution in [3.05, 3.63) is 81.0 Å². The Balaban J connectivity index is 1.31. The number of aromatic nitrogens is 3. The van der Waals surface area contributed by atoms with Crippen molar-refractivity contribution in [2.45, 2.75) is 45.8 Å². The van der Waals surface area contributed by atoms with E-state index in [-0.39, 0.29) is 17.8 Å². The van der Waals surface area contributed by atoms with Crippen molar-refractivity contribution >= 4 is 34.1 Å². The minimum absolute atomic E-state index is 0.0838. The number of aromatic amines is 1. The van der Waals surface area contributed by atoms with Gasteiger partial charge in [0.25, 0.3) is 11.5 Å². The van der Waals surface area contributed by atoms with Crippen molar-refractivity contribution in [3.63, 3.8) is 0 Å². The molecule has 4 heterocycles. The largest absolute Gasteiger partial charge is 0.357 e. The van der Waals surface area contributed by atoms with E-state index in [0.717, 1.165) is 41.2 Å². The van der Waals surface area contributed by atoms with E-state index in [1.807, 2.05) is 12.1 Å². The third-order valence-corrected chi connectivity index (χ3v) is 7.09. The van der Waals surface area contributed by atoms with E-state index in [0.29, 0.717) is 16.7 Å². The molecule has 7 nitrogen and oxygen atoms in total. The zero-order chi connectivity index (χ0) is 23.8. The summed E-state index contributed by atoms with van der Waals surface area (Å²) in [7, 11) is 0. The van der Waals surface area contributed by atoms with Crippen molar-refractivity contribution in [2.75, 3.05) is 6.54 Å². The number of nitrogens with one attached hydrogen (secondary N) is 2. The molecule has 1 aliphatic heterocycles. The Labute approximate surface area is 202 Å². The van der Waals surface area contributed by atoms with Crippen LogP contribution in [0.1, 0.15) is 48.4 Å². The summed E-state index contributed by atoms with van der Waals surface area (Å²) < 4.78 is 1.40. The minimum Gasteiger partial charge on any atom is -0.357 e. The van der Waals surface area contributed by atoms with Crippen molar-refractivity contribution in [1.29, 1.82) is 0 Å². The number of H-pyrrole nitrogens is 1. The van der Waals surface area contributed by atoms with Crippen LogP contribution in [-0.2, 0) is 13.1 Å². The van der Waals surface area contributed by atoms with Crippen molar-refractivity contribution in [2.24, 2.45) is 5.92 Å². The Bertz CT molecular complexity index is 1430. The van der Waals surface area contributed by atoms with Gasteiger partial charge in [-0.1, -0.05) is 24.6 Å². The monoisotopic (exact) mass is 477 g/mol. The molecule has 176 valence electrons. The van der Waals surface area contributed by atoms with Crippen molar-refractivity contribution < 1.29 is 4.79 Å². The number of carbonyl (C=O) groups excluding carboxylic acids is 1. The second-order valence-corrected chi connectivity index (χ2v) is 9.77. The molecule has 1 aliphatic rings. The van der Waals surface area contributed by atoms with Gasteiger partial charge in [0.2, 0.25) is 0 Å². The third kappa shape index (κ3) is 4.58. The van der Waals surface area contributed by atoms with Crippen LogP contribution in [0.15, 0.2) is 53.5 Å². The number of likely N-dealkylation sites (tertiary alicyclic amines) is 1. The lowest BCUT2D eigenvalue weighted by molar-refractivity contribution is 0.0946. The Morgan fingerprint density at radius 2 is 2.09 bits per heavy atom. The van der Waals surface area contributed by atoms with Gasteiger partial charge in [0.1, 0.15) is 11.3 Å². The summed E-state index contributed by atoms with van der Waals surface area (Å²) in [5.74, 6) is 0.370. The fraction of sp³-hybridized carbons (Fsp3) is 0.346. The van der Waals surface area contributed by atoms with E-state index in [9.17, 15) is 9.59 Å². The molecule has 1 aromatic carbocycles. The summed E-state index contributed by atoms with van der Waals surface area (Å²) in [5.41, 5.74) is 3.16. The van der Waals surface area contributed by atoms with E-state index >= 15 is 0 Å². The molecule has 4 aromatic rings. The molecule has 0 unspecified atom stereocenters. The van der Waals surface area contributed by atoms with Gasteiger partial charge in [-0.15, -0.1) is 0 Å². The van der Waals surface area contributed by atoms with Gasteiger partial charge in [-0.05, 0) is 68.1 Å². The lowest BCUT2D eigenvalue weighted by Crippen LogP contribution is -2.39. The maximum absolute atomic E-state index is 12.7. The number of amides is 1. The van der Waals surface area contributed by atoms with Gasteiger partial charge >= 0.3 is 0 Å². The standard InChI is InChI=1S/C26H28ClN5O2/c1-16-6-8-31(17(2)9-16)15-20-10-18-11-21(27)19(12-22(18)29-20)14-28-26(34)23-13-25(33)32-7-4-3-5-24(32)30-23/h3-5,7,10-13,16-17,29H,6,8-9,14-15H2,1-2H3,(H,28,34)/t16-,17-/m0/s1. The molecule has 0 radical (unpaired) electrons. The normalized spacial score (nSPS) is 19.0. The molecule has 3 aromatic heterocycles. The average Bonchev–Trinajstić information content (AvgIpc) is 3.20. The second-order valence-electron chi connectivity index (χ2n) is 9.37. The molecule has 2 N–H and O–H groups in total. The number of benzene rings is 1. The quantitative estimate of drug-likeness (QED) is 0.447. The van der Waals surface area contributed by atoms with E-state index in [1.165, 1.54) is 23.3 Å². The van der Waals surface area contributed by atoms with Gasteiger partial charge in [-0.25, -0.2) is 4.98 Å². The van der Waals surface area contributed by atoms with E-state index in [2.05, 4.69) is 40.1 Å². The van der Waals surface area contributed by atoms with Crippen LogP contribution in [0.3, 0.4) is 0 Å². The molecule has 0 saturated carbocycles. The molecule has 8 heteroatoms. The van der Waals surface area contributed by atoms with Crippen LogP contribution < -0.4 is 10.9 Å². The number of halogens is 1. The number of hydrogen-bond acceptors (Lipinski definition) is 4. The SMILES string of the molecule is C[C@H]1CCN(Cc2cc3cc(Cl)c(CNC(=O)c4cc(=O)n5ccccc5n4)cc3[nH]2)[C@@H](C)C1. The lowest BCUT2D eigenvalue weighted by Gasteiger charge is -2.36. The molecule has 0 bridgehead atoms. The second kappa shape index (κ2) is 9.24. The van der Waals surface area contributed by atoms with Gasteiger partial charge in [0.15, 0.2) is 0 Å².